The maximum Gasteiger partial charge on any atom is 0.302 e. The summed E-state index contributed by atoms with van der Waals surface area (Å²) in [7, 11) is 0. The molecule has 5 aliphatic rings. The number of hydrogen-bond donors (Lipinski definition) is 0. The van der Waals surface area contributed by atoms with Gasteiger partial charge in [-0.05, 0) is 54.8 Å². The number of epoxide rings is 1. The number of fused-ring (bicyclic) bond motifs is 3. The number of hydrogen-bond acceptors (Lipinski definition) is 3. The molecule has 0 bridgehead atoms. The van der Waals surface area contributed by atoms with E-state index in [1.807, 2.05) is 0 Å². The maximum atomic E-state index is 12.0. The minimum absolute atomic E-state index is 0.0269. The lowest BCUT2D eigenvalue weighted by Crippen LogP contribution is -2.68. The summed E-state index contributed by atoms with van der Waals surface area (Å²) in [6, 6.07) is 0. The van der Waals surface area contributed by atoms with Crippen LogP contribution in [-0.2, 0) is 14.3 Å². The molecule has 4 aliphatic carbocycles. The van der Waals surface area contributed by atoms with Crippen LogP contribution in [0.5, 0.6) is 0 Å². The van der Waals surface area contributed by atoms with Gasteiger partial charge in [-0.3, -0.25) is 4.79 Å². The van der Waals surface area contributed by atoms with Crippen molar-refractivity contribution in [1.29, 1.82) is 0 Å². The van der Waals surface area contributed by atoms with Gasteiger partial charge in [0.25, 0.3) is 0 Å². The predicted octanol–water partition coefficient (Wildman–Crippen LogP) is 4.51. The molecule has 7 atom stereocenters. The highest BCUT2D eigenvalue weighted by Crippen LogP contribution is 2.74. The van der Waals surface area contributed by atoms with Gasteiger partial charge in [-0.1, -0.05) is 39.3 Å². The average Bonchev–Trinajstić information content (AvgIpc) is 3.23. The Morgan fingerprint density at radius 2 is 1.92 bits per heavy atom. The van der Waals surface area contributed by atoms with E-state index in [9.17, 15) is 4.79 Å². The van der Waals surface area contributed by atoms with E-state index in [0.29, 0.717) is 28.6 Å². The van der Waals surface area contributed by atoms with Crippen molar-refractivity contribution in [2.24, 2.45) is 34.0 Å². The zero-order valence-electron chi connectivity index (χ0n) is 16.1. The lowest BCUT2D eigenvalue weighted by Gasteiger charge is -2.70. The molecule has 25 heavy (non-hydrogen) atoms. The molecule has 5 rings (SSSR count). The van der Waals surface area contributed by atoms with Gasteiger partial charge in [-0.25, -0.2) is 0 Å². The van der Waals surface area contributed by atoms with Crippen molar-refractivity contribution in [2.45, 2.75) is 77.9 Å². The number of carbonyl (C=O) groups is 1. The van der Waals surface area contributed by atoms with Crippen LogP contribution in [0.3, 0.4) is 0 Å². The van der Waals surface area contributed by atoms with Crippen LogP contribution < -0.4 is 0 Å². The molecular weight excluding hydrogens is 312 g/mol. The third-order valence-corrected chi connectivity index (χ3v) is 9.05. The summed E-state index contributed by atoms with van der Waals surface area (Å²) in [5.74, 6) is 1.58. The molecule has 0 amide bonds. The second-order valence-electron chi connectivity index (χ2n) is 10.5. The lowest BCUT2D eigenvalue weighted by molar-refractivity contribution is -0.226. The van der Waals surface area contributed by atoms with E-state index >= 15 is 0 Å². The van der Waals surface area contributed by atoms with E-state index < -0.39 is 0 Å². The minimum atomic E-state index is -0.120. The summed E-state index contributed by atoms with van der Waals surface area (Å²) >= 11 is 0. The summed E-state index contributed by atoms with van der Waals surface area (Å²) < 4.78 is 12.0. The van der Waals surface area contributed by atoms with Crippen LogP contribution in [-0.4, -0.2) is 24.3 Å². The summed E-state index contributed by atoms with van der Waals surface area (Å²) in [4.78, 5) is 12.0. The van der Waals surface area contributed by atoms with Crippen LogP contribution in [0.4, 0.5) is 0 Å². The van der Waals surface area contributed by atoms with E-state index in [-0.39, 0.29) is 23.1 Å². The zero-order valence-corrected chi connectivity index (χ0v) is 16.1. The van der Waals surface area contributed by atoms with E-state index in [1.54, 1.807) is 6.92 Å². The molecule has 0 aromatic carbocycles. The molecule has 2 spiro atoms. The van der Waals surface area contributed by atoms with Crippen LogP contribution in [0, 0.1) is 34.0 Å². The maximum absolute atomic E-state index is 12.0. The zero-order chi connectivity index (χ0) is 17.7. The molecular formula is C22H32O3. The fraction of sp³-hybridized carbons (Fsp3) is 0.864. The second kappa shape index (κ2) is 4.71. The molecule has 1 aliphatic heterocycles. The monoisotopic (exact) mass is 344 g/mol. The quantitative estimate of drug-likeness (QED) is 0.399. The molecule has 3 heteroatoms. The highest BCUT2D eigenvalue weighted by Gasteiger charge is 2.74. The Balaban J connectivity index is 1.61. The van der Waals surface area contributed by atoms with Gasteiger partial charge in [-0.2, -0.15) is 0 Å². The van der Waals surface area contributed by atoms with Crippen molar-refractivity contribution in [1.82, 2.24) is 0 Å². The standard InChI is InChI=1S/C22H32O3/c1-14(23)25-18-12-17-19(2,3)8-5-9-20(17,4)15-6-10-21(13-24-21)16-7-11-22(15,16)18/h7,11,15-18H,5-6,8-10,12-13H2,1-4H3/t15-,16-,17+,18-,20-,21-,22-/m1/s1. The first-order valence-electron chi connectivity index (χ1n) is 10.3. The lowest BCUT2D eigenvalue weighted by atomic mass is 9.35. The molecule has 0 aromatic rings. The van der Waals surface area contributed by atoms with Crippen molar-refractivity contribution in [3.8, 4) is 0 Å². The Bertz CT molecular complexity index is 646. The average molecular weight is 344 g/mol. The highest BCUT2D eigenvalue weighted by atomic mass is 16.6. The van der Waals surface area contributed by atoms with Gasteiger partial charge >= 0.3 is 5.97 Å². The van der Waals surface area contributed by atoms with E-state index in [2.05, 4.69) is 32.9 Å². The third kappa shape index (κ3) is 1.89. The topological polar surface area (TPSA) is 38.8 Å². The van der Waals surface area contributed by atoms with Gasteiger partial charge in [0.05, 0.1) is 12.2 Å². The molecule has 1 heterocycles. The second-order valence-corrected chi connectivity index (χ2v) is 10.5. The van der Waals surface area contributed by atoms with Crippen LogP contribution in [0.15, 0.2) is 12.2 Å². The number of ether oxygens (including phenoxy) is 2. The van der Waals surface area contributed by atoms with Crippen molar-refractivity contribution in [3.63, 3.8) is 0 Å². The summed E-state index contributed by atoms with van der Waals surface area (Å²) in [5, 5.41) is 0. The SMILES string of the molecule is CC(=O)O[C@@H]1C[C@H]2C(C)(C)CCC[C@]2(C)[C@H]2CC[C@@]3(CO3)[C@H]3C=C[C@]321. The summed E-state index contributed by atoms with van der Waals surface area (Å²) in [5.41, 5.74) is 0.787. The molecule has 3 saturated carbocycles. The molecule has 0 unspecified atom stereocenters. The van der Waals surface area contributed by atoms with Crippen molar-refractivity contribution in [2.75, 3.05) is 6.61 Å². The van der Waals surface area contributed by atoms with Crippen LogP contribution >= 0.6 is 0 Å². The largest absolute Gasteiger partial charge is 0.462 e. The van der Waals surface area contributed by atoms with E-state index in [4.69, 9.17) is 9.47 Å². The molecule has 138 valence electrons. The number of carbonyl (C=O) groups excluding carboxylic acids is 1. The molecule has 0 radical (unpaired) electrons. The Morgan fingerprint density at radius 3 is 2.52 bits per heavy atom. The first-order chi connectivity index (χ1) is 11.7. The first-order valence-corrected chi connectivity index (χ1v) is 10.3. The van der Waals surface area contributed by atoms with Gasteiger partial charge in [0, 0.05) is 18.3 Å². The number of rotatable bonds is 1. The van der Waals surface area contributed by atoms with Crippen LogP contribution in [0.2, 0.25) is 0 Å². The molecule has 1 saturated heterocycles. The number of esters is 1. The van der Waals surface area contributed by atoms with Gasteiger partial charge in [0.2, 0.25) is 0 Å². The molecule has 0 aromatic heterocycles. The van der Waals surface area contributed by atoms with E-state index in [1.165, 1.54) is 32.1 Å². The van der Waals surface area contributed by atoms with Crippen LogP contribution in [0.1, 0.15) is 66.2 Å². The van der Waals surface area contributed by atoms with Crippen molar-refractivity contribution in [3.05, 3.63) is 12.2 Å². The van der Waals surface area contributed by atoms with Gasteiger partial charge < -0.3 is 9.47 Å². The smallest absolute Gasteiger partial charge is 0.302 e. The molecule has 0 N–H and O–H groups in total. The summed E-state index contributed by atoms with van der Waals surface area (Å²) in [6.07, 6.45) is 12.2. The Hall–Kier alpha value is -0.830. The fourth-order valence-electron chi connectivity index (χ4n) is 7.96. The Morgan fingerprint density at radius 1 is 1.16 bits per heavy atom. The summed E-state index contributed by atoms with van der Waals surface area (Å²) in [6.45, 7) is 9.93. The first kappa shape index (κ1) is 16.4. The highest BCUT2D eigenvalue weighted by molar-refractivity contribution is 5.66. The normalized spacial score (nSPS) is 54.7. The van der Waals surface area contributed by atoms with Gasteiger partial charge in [-0.15, -0.1) is 0 Å². The van der Waals surface area contributed by atoms with Crippen LogP contribution in [0.25, 0.3) is 0 Å². The minimum Gasteiger partial charge on any atom is -0.462 e. The fourth-order valence-corrected chi connectivity index (χ4v) is 7.96. The van der Waals surface area contributed by atoms with Gasteiger partial charge in [0.15, 0.2) is 0 Å². The predicted molar refractivity (Wildman–Crippen MR) is 95.9 cm³/mol. The Kier molecular flexibility index (Phi) is 3.08. The Labute approximate surface area is 151 Å². The molecule has 3 nitrogen and oxygen atoms in total. The van der Waals surface area contributed by atoms with Crippen molar-refractivity contribution >= 4 is 5.97 Å². The van der Waals surface area contributed by atoms with Gasteiger partial charge in [0.1, 0.15) is 6.10 Å². The van der Waals surface area contributed by atoms with Crippen molar-refractivity contribution < 1.29 is 14.3 Å². The van der Waals surface area contributed by atoms with E-state index in [0.717, 1.165) is 13.0 Å². The molecule has 4 fully saturated rings. The third-order valence-electron chi connectivity index (χ3n) is 9.05.